The maximum Gasteiger partial charge on any atom is 0.164 e. The van der Waals surface area contributed by atoms with Crippen LogP contribution in [-0.2, 0) is 0 Å². The van der Waals surface area contributed by atoms with Crippen LogP contribution < -0.4 is 0 Å². The first kappa shape index (κ1) is 30.0. The summed E-state index contributed by atoms with van der Waals surface area (Å²) in [4.78, 5) is 14.9. The lowest BCUT2D eigenvalue weighted by atomic mass is 9.92. The fraction of sp³-hybridized carbons (Fsp3) is 0.0426. The highest BCUT2D eigenvalue weighted by molar-refractivity contribution is 6.18. The SMILES string of the molecule is C1=CCCC(c2c3ccn(-c4cccc(-c5nc(-c6ccccc6)nc(-c6ccccc6)n5)c4)c3cc3c4ccccc4n(-c4ccccc4)c23)=C1. The molecule has 0 radical (unpaired) electrons. The minimum Gasteiger partial charge on any atom is -0.316 e. The van der Waals surface area contributed by atoms with Crippen LogP contribution in [0.15, 0.2) is 176 Å². The fourth-order valence-electron chi connectivity index (χ4n) is 7.66. The van der Waals surface area contributed by atoms with Gasteiger partial charge in [-0.2, -0.15) is 0 Å². The van der Waals surface area contributed by atoms with Crippen molar-refractivity contribution in [2.24, 2.45) is 0 Å². The van der Waals surface area contributed by atoms with Crippen molar-refractivity contribution >= 4 is 38.3 Å². The summed E-state index contributed by atoms with van der Waals surface area (Å²) < 4.78 is 4.76. The van der Waals surface area contributed by atoms with Crippen molar-refractivity contribution in [2.75, 3.05) is 0 Å². The highest BCUT2D eigenvalue weighted by Crippen LogP contribution is 2.43. The molecule has 0 saturated carbocycles. The largest absolute Gasteiger partial charge is 0.316 e. The van der Waals surface area contributed by atoms with Crippen molar-refractivity contribution in [1.29, 1.82) is 0 Å². The molecule has 0 spiro atoms. The van der Waals surface area contributed by atoms with Gasteiger partial charge in [-0.1, -0.05) is 127 Å². The number of fused-ring (bicyclic) bond motifs is 4. The van der Waals surface area contributed by atoms with E-state index >= 15 is 0 Å². The standard InChI is InChI=1S/C47H33N5/c1-5-16-32(17-6-1)43-39-28-29-51(42(39)31-40-38-26-13-14-27-41(38)52(44(40)43)36-23-11-4-12-24-36)37-25-15-22-35(30-37)47-49-45(33-18-7-2-8-19-33)48-46(50-47)34-20-9-3-10-21-34/h1-5,7-16,18-31H,6,17H2. The molecular weight excluding hydrogens is 635 g/mol. The van der Waals surface area contributed by atoms with E-state index in [0.717, 1.165) is 46.4 Å². The first-order chi connectivity index (χ1) is 25.8. The highest BCUT2D eigenvalue weighted by atomic mass is 15.0. The van der Waals surface area contributed by atoms with Gasteiger partial charge in [0.05, 0.1) is 16.6 Å². The molecule has 52 heavy (non-hydrogen) atoms. The first-order valence-corrected chi connectivity index (χ1v) is 17.8. The third-order valence-corrected chi connectivity index (χ3v) is 10.1. The van der Waals surface area contributed by atoms with E-state index in [0.29, 0.717) is 17.5 Å². The number of allylic oxidation sites excluding steroid dienone is 4. The molecule has 6 aromatic carbocycles. The number of para-hydroxylation sites is 2. The molecule has 9 aromatic rings. The average molecular weight is 668 g/mol. The van der Waals surface area contributed by atoms with Gasteiger partial charge in [-0.15, -0.1) is 0 Å². The second-order valence-electron chi connectivity index (χ2n) is 13.2. The van der Waals surface area contributed by atoms with Gasteiger partial charge in [-0.3, -0.25) is 0 Å². The maximum absolute atomic E-state index is 5.02. The lowest BCUT2D eigenvalue weighted by Gasteiger charge is -2.17. The highest BCUT2D eigenvalue weighted by Gasteiger charge is 2.23. The summed E-state index contributed by atoms with van der Waals surface area (Å²) in [5.74, 6) is 1.94. The second-order valence-corrected chi connectivity index (χ2v) is 13.2. The third kappa shape index (κ3) is 5.05. The predicted molar refractivity (Wildman–Crippen MR) is 214 cm³/mol. The Hall–Kier alpha value is -6.85. The van der Waals surface area contributed by atoms with Crippen LogP contribution in [-0.4, -0.2) is 24.1 Å². The normalized spacial score (nSPS) is 12.9. The molecule has 246 valence electrons. The van der Waals surface area contributed by atoms with Gasteiger partial charge >= 0.3 is 0 Å². The van der Waals surface area contributed by atoms with E-state index in [4.69, 9.17) is 15.0 Å². The van der Waals surface area contributed by atoms with Crippen molar-refractivity contribution in [3.05, 3.63) is 182 Å². The van der Waals surface area contributed by atoms with Crippen molar-refractivity contribution in [3.63, 3.8) is 0 Å². The molecule has 0 N–H and O–H groups in total. The van der Waals surface area contributed by atoms with E-state index in [1.807, 2.05) is 60.7 Å². The minimum atomic E-state index is 0.638. The summed E-state index contributed by atoms with van der Waals surface area (Å²) in [6, 6.07) is 53.0. The Bertz CT molecular complexity index is 2770. The van der Waals surface area contributed by atoms with Crippen LogP contribution in [0.5, 0.6) is 0 Å². The van der Waals surface area contributed by atoms with Crippen LogP contribution in [0.3, 0.4) is 0 Å². The summed E-state index contributed by atoms with van der Waals surface area (Å²) in [5.41, 5.74) is 11.3. The zero-order valence-corrected chi connectivity index (χ0v) is 28.4. The zero-order valence-electron chi connectivity index (χ0n) is 28.4. The molecule has 5 nitrogen and oxygen atoms in total. The van der Waals surface area contributed by atoms with Crippen molar-refractivity contribution < 1.29 is 0 Å². The van der Waals surface area contributed by atoms with Gasteiger partial charge < -0.3 is 9.13 Å². The molecule has 0 saturated heterocycles. The molecule has 0 aliphatic heterocycles. The Labute approximate surface area is 301 Å². The number of nitrogens with zero attached hydrogens (tertiary/aromatic N) is 5. The van der Waals surface area contributed by atoms with E-state index in [1.54, 1.807) is 0 Å². The molecule has 1 aliphatic carbocycles. The Kier molecular flexibility index (Phi) is 7.21. The van der Waals surface area contributed by atoms with Gasteiger partial charge in [0.15, 0.2) is 17.5 Å². The predicted octanol–water partition coefficient (Wildman–Crippen LogP) is 11.6. The third-order valence-electron chi connectivity index (χ3n) is 10.1. The molecule has 3 aromatic heterocycles. The molecule has 0 fully saturated rings. The number of rotatable bonds is 6. The Balaban J connectivity index is 1.20. The number of aromatic nitrogens is 5. The van der Waals surface area contributed by atoms with E-state index in [2.05, 4.69) is 125 Å². The Morgan fingerprint density at radius 1 is 0.481 bits per heavy atom. The summed E-state index contributed by atoms with van der Waals surface area (Å²) in [5, 5.41) is 3.72. The fourth-order valence-corrected chi connectivity index (χ4v) is 7.66. The number of hydrogen-bond donors (Lipinski definition) is 0. The van der Waals surface area contributed by atoms with Gasteiger partial charge in [-0.05, 0) is 60.9 Å². The van der Waals surface area contributed by atoms with Gasteiger partial charge in [0.1, 0.15) is 0 Å². The van der Waals surface area contributed by atoms with Gasteiger partial charge in [0.25, 0.3) is 0 Å². The summed E-state index contributed by atoms with van der Waals surface area (Å²) in [7, 11) is 0. The molecule has 0 atom stereocenters. The van der Waals surface area contributed by atoms with E-state index in [-0.39, 0.29) is 0 Å². The van der Waals surface area contributed by atoms with E-state index in [1.165, 1.54) is 38.3 Å². The van der Waals surface area contributed by atoms with Gasteiger partial charge in [-0.25, -0.2) is 15.0 Å². The van der Waals surface area contributed by atoms with Gasteiger partial charge in [0.2, 0.25) is 0 Å². The first-order valence-electron chi connectivity index (χ1n) is 17.8. The second kappa shape index (κ2) is 12.5. The molecule has 0 amide bonds. The molecular formula is C47H33N5. The lowest BCUT2D eigenvalue weighted by Crippen LogP contribution is -2.01. The Morgan fingerprint density at radius 2 is 1.10 bits per heavy atom. The van der Waals surface area contributed by atoms with Crippen molar-refractivity contribution in [1.82, 2.24) is 24.1 Å². The lowest BCUT2D eigenvalue weighted by molar-refractivity contribution is 1.05. The molecule has 1 aliphatic rings. The summed E-state index contributed by atoms with van der Waals surface area (Å²) >= 11 is 0. The maximum atomic E-state index is 5.02. The van der Waals surface area contributed by atoms with Crippen LogP contribution in [0.2, 0.25) is 0 Å². The minimum absolute atomic E-state index is 0.638. The number of benzene rings is 6. The topological polar surface area (TPSA) is 48.5 Å². The molecule has 10 rings (SSSR count). The molecule has 5 heteroatoms. The van der Waals surface area contributed by atoms with Crippen LogP contribution >= 0.6 is 0 Å². The summed E-state index contributed by atoms with van der Waals surface area (Å²) in [6.45, 7) is 0. The smallest absolute Gasteiger partial charge is 0.164 e. The van der Waals surface area contributed by atoms with E-state index < -0.39 is 0 Å². The van der Waals surface area contributed by atoms with Gasteiger partial charge in [0, 0.05) is 56.0 Å². The number of hydrogen-bond acceptors (Lipinski definition) is 3. The average Bonchev–Trinajstić information content (AvgIpc) is 3.80. The summed E-state index contributed by atoms with van der Waals surface area (Å²) in [6.07, 6.45) is 11.0. The van der Waals surface area contributed by atoms with Crippen LogP contribution in [0.4, 0.5) is 0 Å². The van der Waals surface area contributed by atoms with E-state index in [9.17, 15) is 0 Å². The zero-order chi connectivity index (χ0) is 34.4. The van der Waals surface area contributed by atoms with Crippen LogP contribution in [0.25, 0.3) is 83.8 Å². The Morgan fingerprint density at radius 3 is 1.79 bits per heavy atom. The van der Waals surface area contributed by atoms with Crippen LogP contribution in [0, 0.1) is 0 Å². The van der Waals surface area contributed by atoms with Crippen molar-refractivity contribution in [3.8, 4) is 45.5 Å². The monoisotopic (exact) mass is 667 g/mol. The molecule has 0 unspecified atom stereocenters. The quantitative estimate of drug-likeness (QED) is 0.177. The molecule has 3 heterocycles. The van der Waals surface area contributed by atoms with Crippen molar-refractivity contribution in [2.45, 2.75) is 12.8 Å². The van der Waals surface area contributed by atoms with Crippen LogP contribution in [0.1, 0.15) is 18.4 Å². The molecule has 0 bridgehead atoms.